The first-order chi connectivity index (χ1) is 10.2. The van der Waals surface area contributed by atoms with Crippen LogP contribution in [0, 0.1) is 5.92 Å². The molecule has 0 radical (unpaired) electrons. The van der Waals surface area contributed by atoms with E-state index in [4.69, 9.17) is 23.7 Å². The van der Waals surface area contributed by atoms with Gasteiger partial charge in [0, 0.05) is 24.7 Å². The smallest absolute Gasteiger partial charge is 0.203 e. The van der Waals surface area contributed by atoms with Crippen molar-refractivity contribution in [2.24, 2.45) is 5.92 Å². The number of benzene rings is 1. The first kappa shape index (κ1) is 15.4. The van der Waals surface area contributed by atoms with E-state index < -0.39 is 0 Å². The van der Waals surface area contributed by atoms with Gasteiger partial charge in [-0.05, 0) is 6.42 Å². The minimum absolute atomic E-state index is 0.00661. The summed E-state index contributed by atoms with van der Waals surface area (Å²) in [6, 6.07) is 3.33. The molecule has 0 amide bonds. The van der Waals surface area contributed by atoms with Crippen molar-refractivity contribution in [1.82, 2.24) is 0 Å². The molecule has 1 aromatic rings. The Bertz CT molecular complexity index is 468. The first-order valence-corrected chi connectivity index (χ1v) is 6.72. The van der Waals surface area contributed by atoms with E-state index in [0.29, 0.717) is 36.2 Å². The zero-order chi connectivity index (χ0) is 15.2. The fourth-order valence-electron chi connectivity index (χ4n) is 2.20. The lowest BCUT2D eigenvalue weighted by Crippen LogP contribution is -2.21. The number of carbonyl (C=O) groups is 1. The number of Topliss-reactive ketones (excluding diaryl/α,β-unsaturated/α-hetero) is 1. The summed E-state index contributed by atoms with van der Waals surface area (Å²) in [7, 11) is 4.59. The molecule has 21 heavy (non-hydrogen) atoms. The van der Waals surface area contributed by atoms with E-state index in [0.717, 1.165) is 6.42 Å². The van der Waals surface area contributed by atoms with Crippen LogP contribution in [0.5, 0.6) is 23.0 Å². The summed E-state index contributed by atoms with van der Waals surface area (Å²) < 4.78 is 26.4. The largest absolute Gasteiger partial charge is 0.493 e. The summed E-state index contributed by atoms with van der Waals surface area (Å²) in [6.45, 7) is 1.13. The van der Waals surface area contributed by atoms with Gasteiger partial charge in [-0.1, -0.05) is 0 Å². The molecule has 1 saturated heterocycles. The normalized spacial score (nSPS) is 17.4. The van der Waals surface area contributed by atoms with Crippen LogP contribution in [0.2, 0.25) is 0 Å². The maximum Gasteiger partial charge on any atom is 0.203 e. The molecule has 1 aliphatic rings. The Kier molecular flexibility index (Phi) is 5.27. The van der Waals surface area contributed by atoms with Crippen molar-refractivity contribution in [2.45, 2.75) is 6.42 Å². The van der Waals surface area contributed by atoms with Crippen LogP contribution in [0.15, 0.2) is 12.1 Å². The summed E-state index contributed by atoms with van der Waals surface area (Å²) in [5, 5.41) is 0. The maximum absolute atomic E-state index is 12.0. The second-order valence-electron chi connectivity index (χ2n) is 4.68. The molecule has 0 N–H and O–H groups in total. The van der Waals surface area contributed by atoms with Gasteiger partial charge in [0.05, 0.1) is 27.9 Å². The van der Waals surface area contributed by atoms with Crippen molar-refractivity contribution in [3.05, 3.63) is 12.1 Å². The quantitative estimate of drug-likeness (QED) is 0.763. The van der Waals surface area contributed by atoms with E-state index in [1.165, 1.54) is 21.3 Å². The van der Waals surface area contributed by atoms with Gasteiger partial charge in [-0.15, -0.1) is 0 Å². The molecule has 1 heterocycles. The fourth-order valence-corrected chi connectivity index (χ4v) is 2.20. The number of carbonyl (C=O) groups excluding carboxylic acids is 1. The summed E-state index contributed by atoms with van der Waals surface area (Å²) in [5.41, 5.74) is 0. The Balaban J connectivity index is 2.07. The second-order valence-corrected chi connectivity index (χ2v) is 4.68. The lowest BCUT2D eigenvalue weighted by atomic mass is 10.0. The molecule has 6 nitrogen and oxygen atoms in total. The minimum atomic E-state index is -0.0629. The Morgan fingerprint density at radius 1 is 1.19 bits per heavy atom. The molecule has 1 fully saturated rings. The molecule has 0 aromatic heterocycles. The van der Waals surface area contributed by atoms with Crippen LogP contribution in [-0.2, 0) is 9.53 Å². The van der Waals surface area contributed by atoms with E-state index >= 15 is 0 Å². The number of methoxy groups -OCH3 is 3. The van der Waals surface area contributed by atoms with Gasteiger partial charge in [0.1, 0.15) is 12.4 Å². The third-order valence-electron chi connectivity index (χ3n) is 3.40. The molecule has 6 heteroatoms. The number of rotatable bonds is 7. The van der Waals surface area contributed by atoms with Gasteiger partial charge in [0.25, 0.3) is 0 Å². The summed E-state index contributed by atoms with van der Waals surface area (Å²) in [4.78, 5) is 12.0. The Hall–Kier alpha value is -1.95. The van der Waals surface area contributed by atoms with Crippen LogP contribution in [0.3, 0.4) is 0 Å². The lowest BCUT2D eigenvalue weighted by Gasteiger charge is -2.15. The topological polar surface area (TPSA) is 63.2 Å². The zero-order valence-electron chi connectivity index (χ0n) is 12.5. The Morgan fingerprint density at radius 3 is 2.33 bits per heavy atom. The van der Waals surface area contributed by atoms with Gasteiger partial charge < -0.3 is 23.7 Å². The average Bonchev–Trinajstić information content (AvgIpc) is 3.05. The molecule has 1 atom stereocenters. The highest BCUT2D eigenvalue weighted by molar-refractivity contribution is 5.82. The maximum atomic E-state index is 12.0. The molecule has 2 rings (SSSR count). The predicted molar refractivity (Wildman–Crippen MR) is 75.5 cm³/mol. The third kappa shape index (κ3) is 3.58. The van der Waals surface area contributed by atoms with Crippen molar-refractivity contribution in [3.8, 4) is 23.0 Å². The molecule has 0 bridgehead atoms. The Morgan fingerprint density at radius 2 is 1.86 bits per heavy atom. The van der Waals surface area contributed by atoms with Crippen molar-refractivity contribution >= 4 is 5.78 Å². The molecule has 1 unspecified atom stereocenters. The van der Waals surface area contributed by atoms with Crippen molar-refractivity contribution < 1.29 is 28.5 Å². The lowest BCUT2D eigenvalue weighted by molar-refractivity contribution is -0.124. The van der Waals surface area contributed by atoms with Crippen LogP contribution in [0.25, 0.3) is 0 Å². The number of hydrogen-bond donors (Lipinski definition) is 0. The number of ketones is 1. The highest BCUT2D eigenvalue weighted by Crippen LogP contribution is 2.40. The second kappa shape index (κ2) is 7.17. The molecular weight excluding hydrogens is 276 g/mol. The van der Waals surface area contributed by atoms with E-state index in [1.807, 2.05) is 0 Å². The van der Waals surface area contributed by atoms with Crippen molar-refractivity contribution in [2.75, 3.05) is 41.2 Å². The van der Waals surface area contributed by atoms with Gasteiger partial charge in [-0.3, -0.25) is 4.79 Å². The van der Waals surface area contributed by atoms with E-state index in [-0.39, 0.29) is 18.3 Å². The van der Waals surface area contributed by atoms with Gasteiger partial charge in [0.2, 0.25) is 5.75 Å². The third-order valence-corrected chi connectivity index (χ3v) is 3.40. The summed E-state index contributed by atoms with van der Waals surface area (Å²) in [6.07, 6.45) is 0.761. The molecule has 0 aliphatic carbocycles. The van der Waals surface area contributed by atoms with Crippen LogP contribution in [0.4, 0.5) is 0 Å². The van der Waals surface area contributed by atoms with Gasteiger partial charge >= 0.3 is 0 Å². The minimum Gasteiger partial charge on any atom is -0.493 e. The van der Waals surface area contributed by atoms with E-state index in [9.17, 15) is 4.79 Å². The molecular formula is C15H20O6. The average molecular weight is 296 g/mol. The summed E-state index contributed by atoms with van der Waals surface area (Å²) >= 11 is 0. The highest BCUT2D eigenvalue weighted by Gasteiger charge is 2.24. The van der Waals surface area contributed by atoms with Crippen molar-refractivity contribution in [1.29, 1.82) is 0 Å². The van der Waals surface area contributed by atoms with Crippen LogP contribution in [0.1, 0.15) is 6.42 Å². The van der Waals surface area contributed by atoms with Crippen LogP contribution in [-0.4, -0.2) is 46.9 Å². The first-order valence-electron chi connectivity index (χ1n) is 6.72. The molecule has 116 valence electrons. The van der Waals surface area contributed by atoms with E-state index in [1.54, 1.807) is 12.1 Å². The number of ether oxygens (including phenoxy) is 5. The summed E-state index contributed by atoms with van der Waals surface area (Å²) in [5.74, 6) is 1.94. The van der Waals surface area contributed by atoms with Gasteiger partial charge in [0.15, 0.2) is 17.3 Å². The molecule has 1 aliphatic heterocycles. The van der Waals surface area contributed by atoms with Crippen LogP contribution < -0.4 is 18.9 Å². The fraction of sp³-hybridized carbons (Fsp3) is 0.533. The van der Waals surface area contributed by atoms with Crippen molar-refractivity contribution in [3.63, 3.8) is 0 Å². The highest BCUT2D eigenvalue weighted by atomic mass is 16.5. The number of hydrogen-bond acceptors (Lipinski definition) is 6. The monoisotopic (exact) mass is 296 g/mol. The SMILES string of the molecule is COc1cc(OCC(=O)C2CCOC2)cc(OC)c1OC. The predicted octanol–water partition coefficient (Wildman–Crippen LogP) is 1.70. The van der Waals surface area contributed by atoms with Gasteiger partial charge in [-0.25, -0.2) is 0 Å². The molecule has 0 spiro atoms. The standard InChI is InChI=1S/C15H20O6/c1-17-13-6-11(7-14(18-2)15(13)19-3)21-9-12(16)10-4-5-20-8-10/h6-7,10H,4-5,8-9H2,1-3H3. The molecule has 0 saturated carbocycles. The van der Waals surface area contributed by atoms with E-state index in [2.05, 4.69) is 0 Å². The Labute approximate surface area is 123 Å². The zero-order valence-corrected chi connectivity index (χ0v) is 12.5. The van der Waals surface area contributed by atoms with Gasteiger partial charge in [-0.2, -0.15) is 0 Å². The van der Waals surface area contributed by atoms with Crippen LogP contribution >= 0.6 is 0 Å². The molecule has 1 aromatic carbocycles.